The number of nitrogens with one attached hydrogen (secondary N) is 2. The lowest BCUT2D eigenvalue weighted by Gasteiger charge is -2.10. The quantitative estimate of drug-likeness (QED) is 0.429. The van der Waals surface area contributed by atoms with Crippen molar-refractivity contribution < 1.29 is 19.5 Å². The first kappa shape index (κ1) is 7.51. The number of carboxylic acid groups (broad SMARTS) is 1. The van der Waals surface area contributed by atoms with Crippen molar-refractivity contribution in [2.24, 2.45) is 5.92 Å². The molecule has 0 radical (unpaired) electrons. The van der Waals surface area contributed by atoms with Gasteiger partial charge in [-0.05, 0) is 0 Å². The van der Waals surface area contributed by atoms with E-state index in [4.69, 9.17) is 9.94 Å². The standard InChI is InChI=1S/C6H8N2O4/c9-5-2-1-7-3(6(10)11)4(2)12-8-5/h2-4,7H,1H2,(H,8,9)(H,10,11)/t2-,3+,4-/m0/s1. The van der Waals surface area contributed by atoms with Gasteiger partial charge in [-0.25, -0.2) is 5.48 Å². The molecule has 0 unspecified atom stereocenters. The molecule has 2 saturated heterocycles. The molecule has 0 spiro atoms. The second-order valence-electron chi connectivity index (χ2n) is 2.88. The average molecular weight is 172 g/mol. The summed E-state index contributed by atoms with van der Waals surface area (Å²) in [7, 11) is 0. The molecule has 3 N–H and O–H groups in total. The van der Waals surface area contributed by atoms with Crippen molar-refractivity contribution in [1.29, 1.82) is 0 Å². The SMILES string of the molecule is O=C1NO[C@H]2[C@@H]1CN[C@H]2C(=O)O. The molecule has 0 aromatic heterocycles. The molecule has 0 aromatic carbocycles. The number of carbonyl (C=O) groups excluding carboxylic acids is 1. The van der Waals surface area contributed by atoms with Crippen LogP contribution in [0.5, 0.6) is 0 Å². The highest BCUT2D eigenvalue weighted by atomic mass is 16.7. The first-order valence-electron chi connectivity index (χ1n) is 3.62. The molecule has 1 amide bonds. The fourth-order valence-corrected chi connectivity index (χ4v) is 1.54. The lowest BCUT2D eigenvalue weighted by atomic mass is 10.0. The average Bonchev–Trinajstić information content (AvgIpc) is 2.53. The van der Waals surface area contributed by atoms with Gasteiger partial charge in [0.25, 0.3) is 5.91 Å². The van der Waals surface area contributed by atoms with E-state index in [1.54, 1.807) is 0 Å². The molecule has 2 aliphatic rings. The van der Waals surface area contributed by atoms with E-state index in [9.17, 15) is 9.59 Å². The Bertz CT molecular complexity index is 242. The van der Waals surface area contributed by atoms with Gasteiger partial charge in [0.1, 0.15) is 12.1 Å². The van der Waals surface area contributed by atoms with Gasteiger partial charge < -0.3 is 10.4 Å². The maximum atomic E-state index is 11.0. The van der Waals surface area contributed by atoms with Crippen LogP contribution in [0.1, 0.15) is 0 Å². The number of amides is 1. The molecular weight excluding hydrogens is 164 g/mol. The Morgan fingerprint density at radius 3 is 3.08 bits per heavy atom. The normalized spacial score (nSPS) is 39.3. The van der Waals surface area contributed by atoms with Crippen LogP contribution in [0, 0.1) is 5.92 Å². The number of hydroxylamine groups is 1. The molecule has 2 heterocycles. The number of carbonyl (C=O) groups is 2. The van der Waals surface area contributed by atoms with Gasteiger partial charge in [0, 0.05) is 6.54 Å². The summed E-state index contributed by atoms with van der Waals surface area (Å²) >= 11 is 0. The molecule has 0 aliphatic carbocycles. The number of rotatable bonds is 1. The molecule has 6 heteroatoms. The van der Waals surface area contributed by atoms with Gasteiger partial charge in [0.05, 0.1) is 5.92 Å². The van der Waals surface area contributed by atoms with E-state index >= 15 is 0 Å². The maximum Gasteiger partial charge on any atom is 0.323 e. The fourth-order valence-electron chi connectivity index (χ4n) is 1.54. The molecule has 3 atom stereocenters. The Balaban J connectivity index is 2.15. The van der Waals surface area contributed by atoms with Crippen LogP contribution >= 0.6 is 0 Å². The topological polar surface area (TPSA) is 87.7 Å². The van der Waals surface area contributed by atoms with Crippen LogP contribution in [0.25, 0.3) is 0 Å². The van der Waals surface area contributed by atoms with Gasteiger partial charge in [-0.2, -0.15) is 0 Å². The second kappa shape index (κ2) is 2.43. The van der Waals surface area contributed by atoms with Crippen LogP contribution in [-0.2, 0) is 14.4 Å². The predicted octanol–water partition coefficient (Wildman–Crippen LogP) is -1.91. The number of hydrogen-bond acceptors (Lipinski definition) is 4. The summed E-state index contributed by atoms with van der Waals surface area (Å²) in [6.07, 6.45) is -0.560. The van der Waals surface area contributed by atoms with Crippen molar-refractivity contribution in [3.05, 3.63) is 0 Å². The van der Waals surface area contributed by atoms with E-state index in [1.165, 1.54) is 0 Å². The van der Waals surface area contributed by atoms with Gasteiger partial charge in [-0.15, -0.1) is 0 Å². The Labute approximate surface area is 67.8 Å². The van der Waals surface area contributed by atoms with Crippen molar-refractivity contribution >= 4 is 11.9 Å². The molecule has 0 bridgehead atoms. The van der Waals surface area contributed by atoms with E-state index in [0.717, 1.165) is 0 Å². The van der Waals surface area contributed by atoms with Gasteiger partial charge in [0.15, 0.2) is 0 Å². The molecule has 12 heavy (non-hydrogen) atoms. The highest BCUT2D eigenvalue weighted by Crippen LogP contribution is 2.22. The molecule has 0 aromatic rings. The number of hydrogen-bond donors (Lipinski definition) is 3. The third kappa shape index (κ3) is 0.886. The zero-order valence-electron chi connectivity index (χ0n) is 6.11. The van der Waals surface area contributed by atoms with Crippen molar-refractivity contribution in [2.75, 3.05) is 6.54 Å². The predicted molar refractivity (Wildman–Crippen MR) is 35.9 cm³/mol. The number of carboxylic acids is 1. The Morgan fingerprint density at radius 1 is 1.67 bits per heavy atom. The zero-order chi connectivity index (χ0) is 8.72. The summed E-state index contributed by atoms with van der Waals surface area (Å²) in [5, 5.41) is 11.4. The second-order valence-corrected chi connectivity index (χ2v) is 2.88. The smallest absolute Gasteiger partial charge is 0.323 e. The fraction of sp³-hybridized carbons (Fsp3) is 0.667. The maximum absolute atomic E-state index is 11.0. The molecule has 0 saturated carbocycles. The summed E-state index contributed by atoms with van der Waals surface area (Å²) in [5.74, 6) is -1.58. The van der Waals surface area contributed by atoms with Crippen molar-refractivity contribution in [2.45, 2.75) is 12.1 Å². The monoisotopic (exact) mass is 172 g/mol. The largest absolute Gasteiger partial charge is 0.480 e. The minimum Gasteiger partial charge on any atom is -0.480 e. The van der Waals surface area contributed by atoms with E-state index < -0.39 is 18.1 Å². The van der Waals surface area contributed by atoms with Crippen LogP contribution < -0.4 is 10.8 Å². The molecule has 2 aliphatic heterocycles. The van der Waals surface area contributed by atoms with E-state index in [-0.39, 0.29) is 11.8 Å². The lowest BCUT2D eigenvalue weighted by molar-refractivity contribution is -0.143. The molecular formula is C6H8N2O4. The highest BCUT2D eigenvalue weighted by molar-refractivity contribution is 5.84. The van der Waals surface area contributed by atoms with Crippen LogP contribution in [0.2, 0.25) is 0 Å². The van der Waals surface area contributed by atoms with Crippen molar-refractivity contribution in [3.63, 3.8) is 0 Å². The van der Waals surface area contributed by atoms with E-state index in [1.807, 2.05) is 0 Å². The van der Waals surface area contributed by atoms with E-state index in [2.05, 4.69) is 10.8 Å². The Hall–Kier alpha value is -1.14. The molecule has 6 nitrogen and oxygen atoms in total. The number of aliphatic carboxylic acids is 1. The van der Waals surface area contributed by atoms with Gasteiger partial charge >= 0.3 is 5.97 Å². The zero-order valence-corrected chi connectivity index (χ0v) is 6.11. The van der Waals surface area contributed by atoms with Crippen LogP contribution in [0.3, 0.4) is 0 Å². The molecule has 66 valence electrons. The summed E-state index contributed by atoms with van der Waals surface area (Å²) < 4.78 is 0. The van der Waals surface area contributed by atoms with Crippen LogP contribution in [-0.4, -0.2) is 35.7 Å². The summed E-state index contributed by atoms with van der Waals surface area (Å²) in [4.78, 5) is 26.3. The first-order chi connectivity index (χ1) is 5.70. The third-order valence-electron chi connectivity index (χ3n) is 2.18. The van der Waals surface area contributed by atoms with Gasteiger partial charge in [0.2, 0.25) is 0 Å². The summed E-state index contributed by atoms with van der Waals surface area (Å²) in [6, 6.07) is -0.769. The Kier molecular flexibility index (Phi) is 1.52. The van der Waals surface area contributed by atoms with Gasteiger partial charge in [-0.3, -0.25) is 14.4 Å². The minimum absolute atomic E-state index is 0.240. The summed E-state index contributed by atoms with van der Waals surface area (Å²) in [6.45, 7) is 0.369. The third-order valence-corrected chi connectivity index (χ3v) is 2.18. The van der Waals surface area contributed by atoms with Crippen molar-refractivity contribution in [3.8, 4) is 0 Å². The molecule has 2 rings (SSSR count). The highest BCUT2D eigenvalue weighted by Gasteiger charge is 2.49. The first-order valence-corrected chi connectivity index (χ1v) is 3.62. The van der Waals surface area contributed by atoms with Gasteiger partial charge in [-0.1, -0.05) is 0 Å². The number of fused-ring (bicyclic) bond motifs is 1. The van der Waals surface area contributed by atoms with Crippen molar-refractivity contribution in [1.82, 2.24) is 10.8 Å². The Morgan fingerprint density at radius 2 is 2.42 bits per heavy atom. The van der Waals surface area contributed by atoms with E-state index in [0.29, 0.717) is 6.54 Å². The minimum atomic E-state index is -0.987. The van der Waals surface area contributed by atoms with Crippen LogP contribution in [0.4, 0.5) is 0 Å². The molecule has 2 fully saturated rings. The van der Waals surface area contributed by atoms with Crippen LogP contribution in [0.15, 0.2) is 0 Å². The summed E-state index contributed by atoms with van der Waals surface area (Å²) in [5.41, 5.74) is 2.16. The lowest BCUT2D eigenvalue weighted by Crippen LogP contribution is -2.40.